The molecule has 98 valence electrons. The lowest BCUT2D eigenvalue weighted by atomic mass is 10.0. The highest BCUT2D eigenvalue weighted by Crippen LogP contribution is 2.27. The first-order valence-corrected chi connectivity index (χ1v) is 6.13. The standard InChI is InChI=1S/C15H12N4O/c16-17-15(20)14-12-9-5-4-8-11(12)13(18-19-14)10-6-2-1-3-7-10/h1-9H,16H2,(H,17,20). The molecule has 0 saturated carbocycles. The van der Waals surface area contributed by atoms with Gasteiger partial charge in [0.25, 0.3) is 5.91 Å². The number of carbonyl (C=O) groups is 1. The Morgan fingerprint density at radius 1 is 0.900 bits per heavy atom. The number of hydrazine groups is 1. The minimum absolute atomic E-state index is 0.225. The van der Waals surface area contributed by atoms with Gasteiger partial charge in [-0.2, -0.15) is 0 Å². The number of carbonyl (C=O) groups excluding carboxylic acids is 1. The fourth-order valence-electron chi connectivity index (χ4n) is 2.15. The molecule has 1 aromatic heterocycles. The number of nitrogens with zero attached hydrogens (tertiary/aromatic N) is 2. The summed E-state index contributed by atoms with van der Waals surface area (Å²) in [5, 5.41) is 9.79. The molecule has 5 heteroatoms. The number of nitrogen functional groups attached to an aromatic ring is 1. The van der Waals surface area contributed by atoms with E-state index in [0.717, 1.165) is 22.0 Å². The summed E-state index contributed by atoms with van der Waals surface area (Å²) in [4.78, 5) is 11.7. The minimum atomic E-state index is -0.451. The number of benzene rings is 2. The van der Waals surface area contributed by atoms with E-state index < -0.39 is 5.91 Å². The molecule has 0 spiro atoms. The molecule has 0 radical (unpaired) electrons. The van der Waals surface area contributed by atoms with Crippen LogP contribution in [-0.4, -0.2) is 16.1 Å². The van der Waals surface area contributed by atoms with Gasteiger partial charge >= 0.3 is 0 Å². The lowest BCUT2D eigenvalue weighted by Crippen LogP contribution is -2.31. The number of fused-ring (bicyclic) bond motifs is 1. The molecule has 1 amide bonds. The van der Waals surface area contributed by atoms with Crippen LogP contribution in [0.4, 0.5) is 0 Å². The van der Waals surface area contributed by atoms with Crippen molar-refractivity contribution in [3.8, 4) is 11.3 Å². The molecule has 3 N–H and O–H groups in total. The second kappa shape index (κ2) is 5.07. The zero-order valence-corrected chi connectivity index (χ0v) is 10.6. The number of amides is 1. The van der Waals surface area contributed by atoms with Crippen molar-refractivity contribution in [3.63, 3.8) is 0 Å². The van der Waals surface area contributed by atoms with Crippen molar-refractivity contribution in [3.05, 3.63) is 60.3 Å². The number of nitrogens with two attached hydrogens (primary N) is 1. The Bertz CT molecular complexity index is 771. The van der Waals surface area contributed by atoms with Crippen LogP contribution in [0.15, 0.2) is 54.6 Å². The van der Waals surface area contributed by atoms with Crippen LogP contribution >= 0.6 is 0 Å². The summed E-state index contributed by atoms with van der Waals surface area (Å²) in [7, 11) is 0. The van der Waals surface area contributed by atoms with Crippen molar-refractivity contribution in [2.75, 3.05) is 0 Å². The van der Waals surface area contributed by atoms with Gasteiger partial charge in [0.05, 0.1) is 0 Å². The highest BCUT2D eigenvalue weighted by molar-refractivity contribution is 6.07. The maximum atomic E-state index is 11.7. The van der Waals surface area contributed by atoms with Gasteiger partial charge in [-0.25, -0.2) is 5.84 Å². The summed E-state index contributed by atoms with van der Waals surface area (Å²) in [5.74, 6) is 4.73. The molecule has 0 unspecified atom stereocenters. The van der Waals surface area contributed by atoms with Gasteiger partial charge in [-0.05, 0) is 0 Å². The zero-order chi connectivity index (χ0) is 13.9. The molecule has 0 aliphatic heterocycles. The highest BCUT2D eigenvalue weighted by Gasteiger charge is 2.15. The number of nitrogens with one attached hydrogen (secondary N) is 1. The van der Waals surface area contributed by atoms with Crippen molar-refractivity contribution in [1.82, 2.24) is 15.6 Å². The predicted octanol–water partition coefficient (Wildman–Crippen LogP) is 1.90. The maximum absolute atomic E-state index is 11.7. The minimum Gasteiger partial charge on any atom is -0.289 e. The maximum Gasteiger partial charge on any atom is 0.286 e. The Morgan fingerprint density at radius 2 is 1.55 bits per heavy atom. The first-order chi connectivity index (χ1) is 9.81. The Balaban J connectivity index is 2.30. The third-order valence-corrected chi connectivity index (χ3v) is 3.08. The normalized spacial score (nSPS) is 10.4. The monoisotopic (exact) mass is 264 g/mol. The second-order valence-electron chi connectivity index (χ2n) is 4.28. The third kappa shape index (κ3) is 2.00. The fraction of sp³-hybridized carbons (Fsp3) is 0. The first-order valence-electron chi connectivity index (χ1n) is 6.13. The molecule has 0 aliphatic carbocycles. The fourth-order valence-corrected chi connectivity index (χ4v) is 2.15. The van der Waals surface area contributed by atoms with E-state index in [9.17, 15) is 4.79 Å². The van der Waals surface area contributed by atoms with Crippen LogP contribution in [-0.2, 0) is 0 Å². The van der Waals surface area contributed by atoms with Gasteiger partial charge < -0.3 is 0 Å². The predicted molar refractivity (Wildman–Crippen MR) is 76.6 cm³/mol. The second-order valence-corrected chi connectivity index (χ2v) is 4.28. The summed E-state index contributed by atoms with van der Waals surface area (Å²) >= 11 is 0. The molecule has 3 aromatic rings. The van der Waals surface area contributed by atoms with E-state index in [1.54, 1.807) is 0 Å². The molecule has 1 heterocycles. The topological polar surface area (TPSA) is 80.9 Å². The number of hydrogen-bond donors (Lipinski definition) is 2. The Morgan fingerprint density at radius 3 is 2.25 bits per heavy atom. The van der Waals surface area contributed by atoms with Crippen molar-refractivity contribution >= 4 is 16.7 Å². The van der Waals surface area contributed by atoms with Gasteiger partial charge in [0, 0.05) is 16.3 Å². The molecule has 20 heavy (non-hydrogen) atoms. The van der Waals surface area contributed by atoms with Crippen LogP contribution in [0.2, 0.25) is 0 Å². The molecule has 0 saturated heterocycles. The van der Waals surface area contributed by atoms with Crippen LogP contribution < -0.4 is 11.3 Å². The van der Waals surface area contributed by atoms with Gasteiger partial charge in [-0.1, -0.05) is 54.6 Å². The van der Waals surface area contributed by atoms with Crippen molar-refractivity contribution in [2.45, 2.75) is 0 Å². The largest absolute Gasteiger partial charge is 0.289 e. The SMILES string of the molecule is NNC(=O)c1nnc(-c2ccccc2)c2ccccc12. The van der Waals surface area contributed by atoms with E-state index in [1.165, 1.54) is 0 Å². The van der Waals surface area contributed by atoms with Gasteiger partial charge in [-0.3, -0.25) is 10.2 Å². The molecular weight excluding hydrogens is 252 g/mol. The van der Waals surface area contributed by atoms with E-state index in [-0.39, 0.29) is 5.69 Å². The Labute approximate surface area is 115 Å². The summed E-state index contributed by atoms with van der Waals surface area (Å²) in [5.41, 5.74) is 4.02. The highest BCUT2D eigenvalue weighted by atomic mass is 16.2. The van der Waals surface area contributed by atoms with E-state index >= 15 is 0 Å². The molecule has 0 fully saturated rings. The zero-order valence-electron chi connectivity index (χ0n) is 10.6. The van der Waals surface area contributed by atoms with Crippen molar-refractivity contribution in [2.24, 2.45) is 5.84 Å². The van der Waals surface area contributed by atoms with E-state index in [2.05, 4.69) is 15.6 Å². The van der Waals surface area contributed by atoms with Crippen LogP contribution in [0.25, 0.3) is 22.0 Å². The Kier molecular flexibility index (Phi) is 3.10. The van der Waals surface area contributed by atoms with Crippen LogP contribution in [0.1, 0.15) is 10.5 Å². The van der Waals surface area contributed by atoms with Gasteiger partial charge in [-0.15, -0.1) is 10.2 Å². The first kappa shape index (κ1) is 12.3. The summed E-state index contributed by atoms with van der Waals surface area (Å²) in [6.45, 7) is 0. The van der Waals surface area contributed by atoms with E-state index in [1.807, 2.05) is 54.6 Å². The molecule has 0 bridgehead atoms. The van der Waals surface area contributed by atoms with E-state index in [4.69, 9.17) is 5.84 Å². The number of hydrogen-bond acceptors (Lipinski definition) is 4. The molecule has 5 nitrogen and oxygen atoms in total. The molecule has 0 aliphatic rings. The van der Waals surface area contributed by atoms with Crippen molar-refractivity contribution < 1.29 is 4.79 Å². The summed E-state index contributed by atoms with van der Waals surface area (Å²) in [6.07, 6.45) is 0. The van der Waals surface area contributed by atoms with E-state index in [0.29, 0.717) is 0 Å². The molecular formula is C15H12N4O. The molecule has 3 rings (SSSR count). The quantitative estimate of drug-likeness (QED) is 0.421. The van der Waals surface area contributed by atoms with Crippen LogP contribution in [0.3, 0.4) is 0 Å². The molecule has 2 aromatic carbocycles. The average Bonchev–Trinajstić information content (AvgIpc) is 2.54. The van der Waals surface area contributed by atoms with Crippen molar-refractivity contribution in [1.29, 1.82) is 0 Å². The Hall–Kier alpha value is -2.79. The summed E-state index contributed by atoms with van der Waals surface area (Å²) in [6, 6.07) is 17.2. The van der Waals surface area contributed by atoms with Gasteiger partial charge in [0.15, 0.2) is 5.69 Å². The van der Waals surface area contributed by atoms with Crippen LogP contribution in [0, 0.1) is 0 Å². The smallest absolute Gasteiger partial charge is 0.286 e. The number of aromatic nitrogens is 2. The molecule has 0 atom stereocenters. The summed E-state index contributed by atoms with van der Waals surface area (Å²) < 4.78 is 0. The lowest BCUT2D eigenvalue weighted by molar-refractivity contribution is 0.0949. The van der Waals surface area contributed by atoms with Gasteiger partial charge in [0.2, 0.25) is 0 Å². The average molecular weight is 264 g/mol. The van der Waals surface area contributed by atoms with Crippen LogP contribution in [0.5, 0.6) is 0 Å². The third-order valence-electron chi connectivity index (χ3n) is 3.08. The number of rotatable bonds is 2. The lowest BCUT2D eigenvalue weighted by Gasteiger charge is -2.08. The van der Waals surface area contributed by atoms with Gasteiger partial charge in [0.1, 0.15) is 5.69 Å².